The van der Waals surface area contributed by atoms with Crippen LogP contribution in [-0.2, 0) is 13.1 Å². The molecule has 0 saturated carbocycles. The molecule has 2 aromatic carbocycles. The molecule has 6 aromatic rings. The zero-order chi connectivity index (χ0) is 39.9. The first-order valence-corrected chi connectivity index (χ1v) is 21.0. The van der Waals surface area contributed by atoms with Gasteiger partial charge in [-0.1, -0.05) is 79.5 Å². The van der Waals surface area contributed by atoms with Crippen LogP contribution in [0.15, 0.2) is 59.3 Å². The summed E-state index contributed by atoms with van der Waals surface area (Å²) in [6.45, 7) is 15.5. The minimum Gasteiger partial charge on any atom is -0.459 e. The number of ether oxygens (including phenoxy) is 2. The summed E-state index contributed by atoms with van der Waals surface area (Å²) >= 11 is 9.68. The van der Waals surface area contributed by atoms with Crippen molar-refractivity contribution in [1.82, 2.24) is 49.8 Å². The van der Waals surface area contributed by atoms with Crippen LogP contribution >= 0.6 is 27.5 Å². The molecule has 57 heavy (non-hydrogen) atoms. The van der Waals surface area contributed by atoms with Crippen LogP contribution in [0.1, 0.15) is 93.0 Å². The third-order valence-corrected chi connectivity index (χ3v) is 11.2. The summed E-state index contributed by atoms with van der Waals surface area (Å²) in [6, 6.07) is 14.8. The Labute approximate surface area is 347 Å². The minimum atomic E-state index is 0.0861. The van der Waals surface area contributed by atoms with Gasteiger partial charge in [-0.2, -0.15) is 39.2 Å². The molecular formula is C41H52BrClN12O2. The van der Waals surface area contributed by atoms with Crippen LogP contribution in [0.4, 0.5) is 11.9 Å². The van der Waals surface area contributed by atoms with Gasteiger partial charge in [0.1, 0.15) is 12.2 Å². The van der Waals surface area contributed by atoms with Gasteiger partial charge in [-0.15, -0.1) is 0 Å². The topological polar surface area (TPSA) is 153 Å². The van der Waals surface area contributed by atoms with Gasteiger partial charge in [0.15, 0.2) is 11.3 Å². The Morgan fingerprint density at radius 2 is 1.28 bits per heavy atom. The fourth-order valence-corrected chi connectivity index (χ4v) is 7.54. The number of halogens is 2. The lowest BCUT2D eigenvalue weighted by Gasteiger charge is -2.23. The lowest BCUT2D eigenvalue weighted by molar-refractivity contribution is 0.153. The monoisotopic (exact) mass is 858 g/mol. The third kappa shape index (κ3) is 10.1. The van der Waals surface area contributed by atoms with Gasteiger partial charge in [0.05, 0.1) is 12.4 Å². The Bertz CT molecular complexity index is 2270. The van der Waals surface area contributed by atoms with Gasteiger partial charge in [0, 0.05) is 46.8 Å². The number of aromatic nitrogens is 8. The predicted octanol–water partition coefficient (Wildman–Crippen LogP) is 7.71. The van der Waals surface area contributed by atoms with Crippen LogP contribution < -0.4 is 30.7 Å². The minimum absolute atomic E-state index is 0.0861. The van der Waals surface area contributed by atoms with E-state index in [0.717, 1.165) is 100 Å². The number of benzene rings is 2. The highest BCUT2D eigenvalue weighted by molar-refractivity contribution is 9.10. The summed E-state index contributed by atoms with van der Waals surface area (Å²) in [7, 11) is 0. The van der Waals surface area contributed by atoms with Gasteiger partial charge in [0.2, 0.25) is 11.9 Å². The number of rotatable bonds is 12. The van der Waals surface area contributed by atoms with E-state index in [2.05, 4.69) is 101 Å². The van der Waals surface area contributed by atoms with Crippen LogP contribution in [0.5, 0.6) is 12.0 Å². The highest BCUT2D eigenvalue weighted by Gasteiger charge is 2.22. The second-order valence-electron chi connectivity index (χ2n) is 15.2. The van der Waals surface area contributed by atoms with E-state index in [-0.39, 0.29) is 12.2 Å². The molecule has 6 heterocycles. The van der Waals surface area contributed by atoms with E-state index in [1.807, 2.05) is 55.7 Å². The van der Waals surface area contributed by atoms with Crippen molar-refractivity contribution in [3.8, 4) is 12.0 Å². The fourth-order valence-electron chi connectivity index (χ4n) is 6.89. The van der Waals surface area contributed by atoms with Gasteiger partial charge < -0.3 is 30.7 Å². The fraction of sp³-hybridized carbons (Fsp3) is 0.463. The van der Waals surface area contributed by atoms with Crippen molar-refractivity contribution in [2.45, 2.75) is 97.4 Å². The van der Waals surface area contributed by atoms with Gasteiger partial charge in [-0.3, -0.25) is 0 Å². The third-order valence-electron chi connectivity index (χ3n) is 10.2. The summed E-state index contributed by atoms with van der Waals surface area (Å²) in [6.07, 6.45) is 8.12. The molecule has 2 aliphatic rings. The number of piperidine rings is 2. The molecule has 2 saturated heterocycles. The number of fused-ring (bicyclic) bond motifs is 2. The molecule has 4 aromatic heterocycles. The van der Waals surface area contributed by atoms with Crippen LogP contribution in [-0.4, -0.2) is 77.6 Å². The zero-order valence-electron chi connectivity index (χ0n) is 33.2. The molecule has 0 radical (unpaired) electrons. The van der Waals surface area contributed by atoms with Crippen LogP contribution in [0.2, 0.25) is 5.02 Å². The molecule has 8 rings (SSSR count). The van der Waals surface area contributed by atoms with E-state index in [1.54, 1.807) is 9.03 Å². The van der Waals surface area contributed by atoms with Crippen molar-refractivity contribution >= 4 is 50.7 Å². The Hall–Kier alpha value is -4.57. The van der Waals surface area contributed by atoms with E-state index in [1.165, 1.54) is 0 Å². The molecule has 2 atom stereocenters. The van der Waals surface area contributed by atoms with Gasteiger partial charge in [-0.25, -0.2) is 0 Å². The lowest BCUT2D eigenvalue weighted by atomic mass is 10.1. The molecule has 0 amide bonds. The van der Waals surface area contributed by atoms with Crippen molar-refractivity contribution in [2.24, 2.45) is 0 Å². The smallest absolute Gasteiger partial charge is 0.322 e. The molecule has 2 fully saturated rings. The first-order chi connectivity index (χ1) is 27.6. The molecule has 0 aliphatic carbocycles. The highest BCUT2D eigenvalue weighted by Crippen LogP contribution is 2.26. The average molecular weight is 860 g/mol. The van der Waals surface area contributed by atoms with E-state index in [0.29, 0.717) is 48.8 Å². The lowest BCUT2D eigenvalue weighted by Crippen LogP contribution is -2.37. The summed E-state index contributed by atoms with van der Waals surface area (Å²) in [4.78, 5) is 18.6. The molecular weight excluding hydrogens is 808 g/mol. The molecule has 302 valence electrons. The summed E-state index contributed by atoms with van der Waals surface area (Å²) in [5.41, 5.74) is 7.15. The standard InChI is InChI=1S/C21H27ClN6O.C20H25BrN6O/c1-13(2)18-12-25-28-19(18)26-21(29-17-5-4-8-23-11-17)27-20(28)24-10-15-6-7-16(22)9-14(15)3;1-13(2)16-12-24-27-18(16)25-20(28-15-7-5-9-22-11-15)26-19(27)23-10-14-6-3-4-8-17(14)21/h6-7,9,12-13,17,23H,4-5,8,10-11H2,1-3H3,(H,24,26,27);3-4,6,8,12-13,15,22H,5,7,9-11H2,1-2H3,(H,23,25,26)/t17-;15-/m11/s1. The van der Waals surface area contributed by atoms with Gasteiger partial charge in [0.25, 0.3) is 0 Å². The Balaban J connectivity index is 0.000000174. The van der Waals surface area contributed by atoms with Crippen molar-refractivity contribution < 1.29 is 9.47 Å². The summed E-state index contributed by atoms with van der Waals surface area (Å²) in [5, 5.41) is 23.3. The number of nitrogens with zero attached hydrogens (tertiary/aromatic N) is 8. The second kappa shape index (κ2) is 18.8. The number of aryl methyl sites for hydroxylation is 1. The molecule has 14 nitrogen and oxygen atoms in total. The number of nitrogens with one attached hydrogen (secondary N) is 4. The number of hydrogen-bond acceptors (Lipinski definition) is 12. The molecule has 4 N–H and O–H groups in total. The Morgan fingerprint density at radius 1 is 0.754 bits per heavy atom. The normalized spacial score (nSPS) is 17.1. The highest BCUT2D eigenvalue weighted by atomic mass is 79.9. The SMILES string of the molecule is CC(C)c1cnn2c(NCc3ccccc3Br)nc(O[C@@H]3CCCNC3)nc12.Cc1cc(Cl)ccc1CNc1nc(O[C@@H]2CCCNC2)nc2c(C(C)C)cnn12. The maximum atomic E-state index is 6.12. The van der Waals surface area contributed by atoms with Gasteiger partial charge in [-0.05, 0) is 92.4 Å². The largest absolute Gasteiger partial charge is 0.459 e. The van der Waals surface area contributed by atoms with Crippen molar-refractivity contribution in [1.29, 1.82) is 0 Å². The first kappa shape index (κ1) is 40.6. The van der Waals surface area contributed by atoms with Crippen LogP contribution in [0, 0.1) is 6.92 Å². The first-order valence-electron chi connectivity index (χ1n) is 19.8. The van der Waals surface area contributed by atoms with Crippen LogP contribution in [0.3, 0.4) is 0 Å². The molecule has 0 spiro atoms. The average Bonchev–Trinajstić information content (AvgIpc) is 3.84. The van der Waals surface area contributed by atoms with Crippen molar-refractivity contribution in [2.75, 3.05) is 36.8 Å². The Kier molecular flexibility index (Phi) is 13.4. The molecule has 0 unspecified atom stereocenters. The molecule has 2 aliphatic heterocycles. The van der Waals surface area contributed by atoms with E-state index >= 15 is 0 Å². The number of anilines is 2. The second-order valence-corrected chi connectivity index (χ2v) is 16.5. The number of hydrogen-bond donors (Lipinski definition) is 4. The van der Waals surface area contributed by atoms with Crippen molar-refractivity contribution in [3.05, 3.63) is 92.2 Å². The Morgan fingerprint density at radius 3 is 1.75 bits per heavy atom. The summed E-state index contributed by atoms with van der Waals surface area (Å²) in [5.74, 6) is 1.87. The van der Waals surface area contributed by atoms with E-state index < -0.39 is 0 Å². The maximum Gasteiger partial charge on any atom is 0.322 e. The molecule has 0 bridgehead atoms. The predicted molar refractivity (Wildman–Crippen MR) is 228 cm³/mol. The van der Waals surface area contributed by atoms with E-state index in [4.69, 9.17) is 21.1 Å². The molecule has 16 heteroatoms. The van der Waals surface area contributed by atoms with E-state index in [9.17, 15) is 0 Å². The zero-order valence-corrected chi connectivity index (χ0v) is 35.6. The van der Waals surface area contributed by atoms with Crippen molar-refractivity contribution in [3.63, 3.8) is 0 Å². The van der Waals surface area contributed by atoms with Crippen LogP contribution in [0.25, 0.3) is 11.3 Å². The summed E-state index contributed by atoms with van der Waals surface area (Å²) < 4.78 is 16.8. The maximum absolute atomic E-state index is 6.12. The van der Waals surface area contributed by atoms with Gasteiger partial charge >= 0.3 is 12.0 Å². The quantitative estimate of drug-likeness (QED) is 0.0954.